The van der Waals surface area contributed by atoms with Crippen LogP contribution in [0.1, 0.15) is 11.4 Å². The number of nitrogens with one attached hydrogen (secondary N) is 1. The first-order valence-electron chi connectivity index (χ1n) is 9.60. The minimum Gasteiger partial charge on any atom is -0.435 e. The number of alkyl halides is 2. The Hall–Kier alpha value is -4.00. The van der Waals surface area contributed by atoms with Crippen LogP contribution in [0.15, 0.2) is 53.7 Å². The van der Waals surface area contributed by atoms with Gasteiger partial charge in [-0.3, -0.25) is 0 Å². The lowest BCUT2D eigenvalue weighted by atomic mass is 10.2. The number of anilines is 3. The van der Waals surface area contributed by atoms with Crippen LogP contribution in [0, 0.1) is 6.92 Å². The molecule has 33 heavy (non-hydrogen) atoms. The van der Waals surface area contributed by atoms with E-state index in [-0.39, 0.29) is 11.7 Å². The molecule has 0 aliphatic carbocycles. The van der Waals surface area contributed by atoms with Crippen LogP contribution >= 0.6 is 11.8 Å². The molecule has 170 valence electrons. The molecule has 0 aliphatic heterocycles. The van der Waals surface area contributed by atoms with Gasteiger partial charge in [0, 0.05) is 11.3 Å². The molecule has 0 bridgehead atoms. The lowest BCUT2D eigenvalue weighted by Gasteiger charge is -2.09. The van der Waals surface area contributed by atoms with Crippen LogP contribution in [0.25, 0.3) is 11.4 Å². The van der Waals surface area contributed by atoms with Crippen LogP contribution in [0.3, 0.4) is 0 Å². The molecule has 0 aliphatic rings. The van der Waals surface area contributed by atoms with E-state index in [1.54, 1.807) is 12.1 Å². The van der Waals surface area contributed by atoms with Gasteiger partial charge in [-0.25, -0.2) is 4.68 Å². The lowest BCUT2D eigenvalue weighted by molar-refractivity contribution is -0.0498. The number of thioether (sulfide) groups is 1. The molecule has 5 N–H and O–H groups in total. The molecule has 0 atom stereocenters. The van der Waals surface area contributed by atoms with E-state index in [1.807, 2.05) is 31.2 Å². The molecule has 0 unspecified atom stereocenters. The Balaban J connectivity index is 1.46. The maximum absolute atomic E-state index is 12.3. The van der Waals surface area contributed by atoms with Gasteiger partial charge in [0.1, 0.15) is 11.6 Å². The van der Waals surface area contributed by atoms with Gasteiger partial charge in [0.15, 0.2) is 5.82 Å². The Morgan fingerprint density at radius 3 is 2.55 bits per heavy atom. The van der Waals surface area contributed by atoms with Gasteiger partial charge in [-0.05, 0) is 42.8 Å². The topological polar surface area (TPSA) is 143 Å². The SMILES string of the molecule is Cc1ccccc1Nc1nc(N)nc(CSc2nnc(-c3ccc(OC(F)F)cc3)n2N)n1. The zero-order valence-corrected chi connectivity index (χ0v) is 18.1. The molecule has 0 saturated carbocycles. The van der Waals surface area contributed by atoms with Gasteiger partial charge >= 0.3 is 6.61 Å². The molecule has 4 rings (SSSR count). The average molecular weight is 471 g/mol. The summed E-state index contributed by atoms with van der Waals surface area (Å²) in [5.41, 5.74) is 8.33. The fourth-order valence-electron chi connectivity index (χ4n) is 2.88. The van der Waals surface area contributed by atoms with Crippen molar-refractivity contribution in [2.75, 3.05) is 16.9 Å². The molecular formula is C20H19F2N9OS. The number of ether oxygens (including phenoxy) is 1. The highest BCUT2D eigenvalue weighted by Crippen LogP contribution is 2.26. The van der Waals surface area contributed by atoms with Gasteiger partial charge in [0.2, 0.25) is 17.1 Å². The number of nitrogens with two attached hydrogens (primary N) is 2. The minimum absolute atomic E-state index is 0.0361. The van der Waals surface area contributed by atoms with E-state index in [0.29, 0.717) is 34.1 Å². The predicted molar refractivity (Wildman–Crippen MR) is 121 cm³/mol. The number of halogens is 2. The number of hydrogen-bond donors (Lipinski definition) is 3. The number of benzene rings is 2. The molecule has 4 aromatic rings. The Bertz CT molecular complexity index is 1250. The molecular weight excluding hydrogens is 452 g/mol. The van der Waals surface area contributed by atoms with E-state index in [2.05, 4.69) is 35.2 Å². The fraction of sp³-hybridized carbons (Fsp3) is 0.150. The van der Waals surface area contributed by atoms with Crippen LogP contribution in [-0.4, -0.2) is 36.4 Å². The zero-order chi connectivity index (χ0) is 23.4. The maximum atomic E-state index is 12.3. The van der Waals surface area contributed by atoms with Crippen LogP contribution in [-0.2, 0) is 5.75 Å². The molecule has 0 saturated heterocycles. The van der Waals surface area contributed by atoms with Crippen molar-refractivity contribution in [3.05, 3.63) is 59.9 Å². The molecule has 0 amide bonds. The average Bonchev–Trinajstić information content (AvgIpc) is 3.14. The van der Waals surface area contributed by atoms with E-state index in [0.717, 1.165) is 11.3 Å². The van der Waals surface area contributed by atoms with E-state index in [1.165, 1.54) is 28.6 Å². The van der Waals surface area contributed by atoms with E-state index >= 15 is 0 Å². The van der Waals surface area contributed by atoms with Crippen molar-refractivity contribution in [3.63, 3.8) is 0 Å². The van der Waals surface area contributed by atoms with Crippen LogP contribution in [0.4, 0.5) is 26.4 Å². The maximum Gasteiger partial charge on any atom is 0.387 e. The van der Waals surface area contributed by atoms with Crippen LogP contribution in [0.5, 0.6) is 5.75 Å². The molecule has 2 aromatic carbocycles. The number of aromatic nitrogens is 6. The van der Waals surface area contributed by atoms with Crippen molar-refractivity contribution in [3.8, 4) is 17.1 Å². The van der Waals surface area contributed by atoms with Crippen molar-refractivity contribution < 1.29 is 13.5 Å². The second kappa shape index (κ2) is 9.65. The predicted octanol–water partition coefficient (Wildman–Crippen LogP) is 3.37. The van der Waals surface area contributed by atoms with Gasteiger partial charge in [0.25, 0.3) is 0 Å². The summed E-state index contributed by atoms with van der Waals surface area (Å²) in [7, 11) is 0. The van der Waals surface area contributed by atoms with Crippen molar-refractivity contribution in [1.29, 1.82) is 0 Å². The number of para-hydroxylation sites is 1. The van der Waals surface area contributed by atoms with Crippen molar-refractivity contribution >= 4 is 29.3 Å². The normalized spacial score (nSPS) is 11.0. The number of nitrogens with zero attached hydrogens (tertiary/aromatic N) is 6. The molecule has 13 heteroatoms. The first-order valence-corrected chi connectivity index (χ1v) is 10.6. The molecule has 0 fully saturated rings. The first-order chi connectivity index (χ1) is 15.9. The van der Waals surface area contributed by atoms with E-state index in [4.69, 9.17) is 11.6 Å². The van der Waals surface area contributed by atoms with Gasteiger partial charge in [-0.2, -0.15) is 23.7 Å². The first kappa shape index (κ1) is 22.2. The molecule has 2 aromatic heterocycles. The number of nitrogen functional groups attached to an aromatic ring is 2. The molecule has 10 nitrogen and oxygen atoms in total. The van der Waals surface area contributed by atoms with Gasteiger partial charge in [0.05, 0.1) is 5.75 Å². The van der Waals surface area contributed by atoms with E-state index < -0.39 is 6.61 Å². The lowest BCUT2D eigenvalue weighted by Crippen LogP contribution is -2.12. The third-order valence-electron chi connectivity index (χ3n) is 4.42. The van der Waals surface area contributed by atoms with Crippen molar-refractivity contribution in [2.24, 2.45) is 0 Å². The molecule has 2 heterocycles. The largest absolute Gasteiger partial charge is 0.435 e. The van der Waals surface area contributed by atoms with Gasteiger partial charge in [-0.15, -0.1) is 10.2 Å². The number of rotatable bonds is 8. The van der Waals surface area contributed by atoms with Crippen molar-refractivity contribution in [2.45, 2.75) is 24.4 Å². The second-order valence-electron chi connectivity index (χ2n) is 6.74. The summed E-state index contributed by atoms with van der Waals surface area (Å²) >= 11 is 1.26. The quantitative estimate of drug-likeness (QED) is 0.258. The summed E-state index contributed by atoms with van der Waals surface area (Å²) in [5.74, 6) is 7.67. The van der Waals surface area contributed by atoms with Crippen molar-refractivity contribution in [1.82, 2.24) is 29.8 Å². The summed E-state index contributed by atoms with van der Waals surface area (Å²) in [4.78, 5) is 12.7. The Morgan fingerprint density at radius 2 is 1.82 bits per heavy atom. The second-order valence-corrected chi connectivity index (χ2v) is 7.68. The Labute approximate surface area is 191 Å². The fourth-order valence-corrected chi connectivity index (χ4v) is 3.59. The highest BCUT2D eigenvalue weighted by molar-refractivity contribution is 7.98. The Morgan fingerprint density at radius 1 is 1.06 bits per heavy atom. The minimum atomic E-state index is -2.89. The zero-order valence-electron chi connectivity index (χ0n) is 17.3. The van der Waals surface area contributed by atoms with Gasteiger partial charge in [-0.1, -0.05) is 30.0 Å². The summed E-state index contributed by atoms with van der Waals surface area (Å²) in [5, 5.41) is 11.7. The standard InChI is InChI=1S/C20H19F2N9OS/c1-11-4-2-3-5-14(11)25-19-27-15(26-18(23)28-19)10-33-20-30-29-16(31(20)24)12-6-8-13(9-7-12)32-17(21)22/h2-9,17H,10,24H2,1H3,(H3,23,25,26,27,28). The van der Waals surface area contributed by atoms with Gasteiger partial charge < -0.3 is 21.6 Å². The number of aryl methyl sites for hydroxylation is 1. The summed E-state index contributed by atoms with van der Waals surface area (Å²) in [6.07, 6.45) is 0. The molecule has 0 radical (unpaired) electrons. The molecule has 0 spiro atoms. The summed E-state index contributed by atoms with van der Waals surface area (Å²) < 4.78 is 30.3. The van der Waals surface area contributed by atoms with Crippen LogP contribution < -0.4 is 21.6 Å². The third kappa shape index (κ3) is 5.44. The monoisotopic (exact) mass is 471 g/mol. The summed E-state index contributed by atoms with van der Waals surface area (Å²) in [6, 6.07) is 13.7. The Kier molecular flexibility index (Phi) is 6.49. The highest BCUT2D eigenvalue weighted by Gasteiger charge is 2.15. The van der Waals surface area contributed by atoms with Crippen LogP contribution in [0.2, 0.25) is 0 Å². The highest BCUT2D eigenvalue weighted by atomic mass is 32.2. The smallest absolute Gasteiger partial charge is 0.387 e. The number of hydrogen-bond acceptors (Lipinski definition) is 10. The third-order valence-corrected chi connectivity index (χ3v) is 5.36. The summed E-state index contributed by atoms with van der Waals surface area (Å²) in [6.45, 7) is -0.928. The van der Waals surface area contributed by atoms with E-state index in [9.17, 15) is 8.78 Å².